The van der Waals surface area contributed by atoms with Gasteiger partial charge in [-0.15, -0.1) is 6.58 Å². The van der Waals surface area contributed by atoms with Crippen LogP contribution < -0.4 is 10.7 Å². The summed E-state index contributed by atoms with van der Waals surface area (Å²) in [7, 11) is 0. The van der Waals surface area contributed by atoms with Crippen LogP contribution in [0.5, 0.6) is 0 Å². The molecule has 0 aliphatic carbocycles. The summed E-state index contributed by atoms with van der Waals surface area (Å²) in [5.41, 5.74) is 0. The minimum Gasteiger partial charge on any atom is -0.334 e. The monoisotopic (exact) mass is 257 g/mol. The first-order valence-electron chi connectivity index (χ1n) is 6.14. The van der Waals surface area contributed by atoms with Gasteiger partial charge in [0.25, 0.3) is 0 Å². The molecule has 98 valence electrons. The smallest absolute Gasteiger partial charge is 0.133 e. The van der Waals surface area contributed by atoms with Crippen LogP contribution in [0.25, 0.3) is 23.9 Å². The highest BCUT2D eigenvalue weighted by atomic mass is 19.1. The Morgan fingerprint density at radius 3 is 2.63 bits per heavy atom. The number of carbonyl (C=O) groups excluding carboxylic acids is 1. The van der Waals surface area contributed by atoms with E-state index in [4.69, 9.17) is 0 Å². The van der Waals surface area contributed by atoms with Gasteiger partial charge in [0.15, 0.2) is 0 Å². The molecular weight excluding hydrogens is 241 g/mol. The van der Waals surface area contributed by atoms with Crippen molar-refractivity contribution < 1.29 is 9.18 Å². The average molecular weight is 257 g/mol. The van der Waals surface area contributed by atoms with Crippen LogP contribution in [0.3, 0.4) is 0 Å². The standard InChI is InChI=1S/C16H16FNO/c1-4-13(7-6-10-19)18-11(2)14-8-5-9-15(17)16(14)12(18)3/h4-5,8-10,13H,1-3,6-7H2. The molecule has 3 heteroatoms. The van der Waals surface area contributed by atoms with Gasteiger partial charge in [-0.3, -0.25) is 0 Å². The Morgan fingerprint density at radius 1 is 1.32 bits per heavy atom. The lowest BCUT2D eigenvalue weighted by atomic mass is 10.1. The van der Waals surface area contributed by atoms with Crippen LogP contribution in [0.2, 0.25) is 0 Å². The van der Waals surface area contributed by atoms with Crippen molar-refractivity contribution in [3.63, 3.8) is 0 Å². The first-order chi connectivity index (χ1) is 9.11. The molecule has 0 saturated carbocycles. The fourth-order valence-electron chi connectivity index (χ4n) is 2.46. The molecule has 1 unspecified atom stereocenters. The highest BCUT2D eigenvalue weighted by Crippen LogP contribution is 2.16. The molecule has 0 aliphatic rings. The zero-order valence-corrected chi connectivity index (χ0v) is 10.7. The Hall–Kier alpha value is -2.16. The minimum absolute atomic E-state index is 0.100. The predicted molar refractivity (Wildman–Crippen MR) is 76.7 cm³/mol. The fourth-order valence-corrected chi connectivity index (χ4v) is 2.46. The van der Waals surface area contributed by atoms with Crippen molar-refractivity contribution >= 4 is 30.2 Å². The molecule has 2 rings (SSSR count). The van der Waals surface area contributed by atoms with Crippen LogP contribution in [0.1, 0.15) is 18.9 Å². The molecule has 0 aliphatic heterocycles. The number of benzene rings is 1. The van der Waals surface area contributed by atoms with E-state index in [2.05, 4.69) is 19.7 Å². The van der Waals surface area contributed by atoms with Crippen molar-refractivity contribution in [2.24, 2.45) is 0 Å². The van der Waals surface area contributed by atoms with Gasteiger partial charge < -0.3 is 9.36 Å². The molecule has 0 bridgehead atoms. The fraction of sp³-hybridized carbons (Fsp3) is 0.188. The van der Waals surface area contributed by atoms with Gasteiger partial charge in [0.05, 0.1) is 6.04 Å². The van der Waals surface area contributed by atoms with Gasteiger partial charge in [-0.25, -0.2) is 4.39 Å². The normalized spacial score (nSPS) is 12.5. The number of nitrogens with zero attached hydrogens (tertiary/aromatic N) is 1. The molecule has 1 heterocycles. The highest BCUT2D eigenvalue weighted by molar-refractivity contribution is 5.84. The average Bonchev–Trinajstić information content (AvgIpc) is 2.66. The van der Waals surface area contributed by atoms with Gasteiger partial charge in [-0.1, -0.05) is 31.4 Å². The van der Waals surface area contributed by atoms with Crippen LogP contribution in [-0.4, -0.2) is 10.9 Å². The van der Waals surface area contributed by atoms with Crippen LogP contribution in [0.4, 0.5) is 4.39 Å². The van der Waals surface area contributed by atoms with Crippen molar-refractivity contribution in [1.82, 2.24) is 4.57 Å². The van der Waals surface area contributed by atoms with E-state index in [0.717, 1.165) is 11.7 Å². The number of allylic oxidation sites excluding steroid dienone is 1. The lowest BCUT2D eigenvalue weighted by Gasteiger charge is -2.14. The Bertz CT molecular complexity index is 729. The predicted octanol–water partition coefficient (Wildman–Crippen LogP) is 2.31. The molecule has 1 aromatic heterocycles. The van der Waals surface area contributed by atoms with E-state index in [1.807, 2.05) is 10.6 Å². The third-order valence-electron chi connectivity index (χ3n) is 3.38. The maximum atomic E-state index is 13.9. The van der Waals surface area contributed by atoms with E-state index < -0.39 is 0 Å². The van der Waals surface area contributed by atoms with Crippen molar-refractivity contribution in [3.8, 4) is 0 Å². The number of rotatable bonds is 5. The summed E-state index contributed by atoms with van der Waals surface area (Å²) in [5, 5.41) is 2.53. The molecule has 0 spiro atoms. The van der Waals surface area contributed by atoms with Gasteiger partial charge in [-0.2, -0.15) is 0 Å². The van der Waals surface area contributed by atoms with Gasteiger partial charge in [0, 0.05) is 27.9 Å². The first-order valence-corrected chi connectivity index (χ1v) is 6.14. The highest BCUT2D eigenvalue weighted by Gasteiger charge is 2.14. The Balaban J connectivity index is 2.70. The first kappa shape index (κ1) is 13.3. The molecular formula is C16H16FNO. The molecule has 0 radical (unpaired) electrons. The lowest BCUT2D eigenvalue weighted by Crippen LogP contribution is -2.29. The second-order valence-corrected chi connectivity index (χ2v) is 4.47. The summed E-state index contributed by atoms with van der Waals surface area (Å²) in [6.07, 6.45) is 3.64. The third-order valence-corrected chi connectivity index (χ3v) is 3.38. The summed E-state index contributed by atoms with van der Waals surface area (Å²) in [5.74, 6) is -0.302. The van der Waals surface area contributed by atoms with Crippen molar-refractivity contribution in [2.75, 3.05) is 0 Å². The molecule has 1 aromatic carbocycles. The lowest BCUT2D eigenvalue weighted by molar-refractivity contribution is -0.108. The second-order valence-electron chi connectivity index (χ2n) is 4.47. The molecule has 0 N–H and O–H groups in total. The largest absolute Gasteiger partial charge is 0.334 e. The van der Waals surface area contributed by atoms with Crippen LogP contribution in [0.15, 0.2) is 30.9 Å². The second kappa shape index (κ2) is 5.22. The van der Waals surface area contributed by atoms with Crippen molar-refractivity contribution in [1.29, 1.82) is 0 Å². The summed E-state index contributed by atoms with van der Waals surface area (Å²) >= 11 is 0. The van der Waals surface area contributed by atoms with Crippen LogP contribution in [-0.2, 0) is 4.79 Å². The van der Waals surface area contributed by atoms with E-state index in [9.17, 15) is 9.18 Å². The zero-order chi connectivity index (χ0) is 14.0. The van der Waals surface area contributed by atoms with Gasteiger partial charge >= 0.3 is 0 Å². The zero-order valence-electron chi connectivity index (χ0n) is 10.7. The number of aldehydes is 1. The third kappa shape index (κ3) is 2.12. The van der Waals surface area contributed by atoms with E-state index in [1.54, 1.807) is 12.1 Å². The molecule has 19 heavy (non-hydrogen) atoms. The van der Waals surface area contributed by atoms with E-state index in [0.29, 0.717) is 28.9 Å². The number of aromatic nitrogens is 1. The minimum atomic E-state index is -0.302. The van der Waals surface area contributed by atoms with Crippen molar-refractivity contribution in [2.45, 2.75) is 18.9 Å². The van der Waals surface area contributed by atoms with Crippen molar-refractivity contribution in [3.05, 3.63) is 47.4 Å². The maximum Gasteiger partial charge on any atom is 0.133 e. The number of halogens is 1. The quantitative estimate of drug-likeness (QED) is 0.595. The van der Waals surface area contributed by atoms with Gasteiger partial charge in [-0.05, 0) is 12.5 Å². The number of hydrogen-bond acceptors (Lipinski definition) is 1. The van der Waals surface area contributed by atoms with E-state index in [1.165, 1.54) is 6.07 Å². The van der Waals surface area contributed by atoms with E-state index >= 15 is 0 Å². The number of fused-ring (bicyclic) bond motifs is 1. The summed E-state index contributed by atoms with van der Waals surface area (Å²) in [6.45, 7) is 11.7. The molecule has 1 atom stereocenters. The Labute approximate surface area is 111 Å². The van der Waals surface area contributed by atoms with Gasteiger partial charge in [0.2, 0.25) is 0 Å². The molecule has 0 amide bonds. The Morgan fingerprint density at radius 2 is 2.05 bits per heavy atom. The summed E-state index contributed by atoms with van der Waals surface area (Å²) < 4.78 is 15.7. The van der Waals surface area contributed by atoms with E-state index in [-0.39, 0.29) is 11.9 Å². The van der Waals surface area contributed by atoms with Gasteiger partial charge in [0.1, 0.15) is 12.1 Å². The summed E-state index contributed by atoms with van der Waals surface area (Å²) in [6, 6.07) is 4.79. The topological polar surface area (TPSA) is 22.0 Å². The molecule has 0 saturated heterocycles. The molecule has 2 aromatic rings. The Kier molecular flexibility index (Phi) is 3.65. The van der Waals surface area contributed by atoms with Crippen LogP contribution >= 0.6 is 0 Å². The molecule has 2 nitrogen and oxygen atoms in total. The molecule has 0 fully saturated rings. The SMILES string of the molecule is C=CC(CCC=O)n1c(=C)c2cccc(F)c2c1=C. The number of carbonyl (C=O) groups is 1. The summed E-state index contributed by atoms with van der Waals surface area (Å²) in [4.78, 5) is 10.5. The maximum absolute atomic E-state index is 13.9. The number of hydrogen-bond donors (Lipinski definition) is 0. The van der Waals surface area contributed by atoms with Crippen LogP contribution in [0, 0.1) is 5.82 Å².